The third-order valence-electron chi connectivity index (χ3n) is 7.64. The van der Waals surface area contributed by atoms with Crippen LogP contribution in [0.5, 0.6) is 5.75 Å². The minimum atomic E-state index is -3.89. The maximum atomic E-state index is 14.1. The Kier molecular flexibility index (Phi) is 9.63. The molecule has 0 radical (unpaired) electrons. The molecule has 0 atom stereocenters. The smallest absolute Gasteiger partial charge is 0.417 e. The van der Waals surface area contributed by atoms with E-state index in [2.05, 4.69) is 11.7 Å². The lowest BCUT2D eigenvalue weighted by atomic mass is 9.77. The zero-order valence-electron chi connectivity index (χ0n) is 18.9. The Labute approximate surface area is 192 Å². The molecular weight excluding hydrogens is 437 g/mol. The Morgan fingerprint density at radius 3 is 2.16 bits per heavy atom. The number of benzene rings is 1. The molecule has 0 N–H and O–H groups in total. The van der Waals surface area contributed by atoms with Gasteiger partial charge >= 0.3 is 5.57 Å². The summed E-state index contributed by atoms with van der Waals surface area (Å²) in [6.45, 7) is 2.34. The second kappa shape index (κ2) is 12.0. The fourth-order valence-electron chi connectivity index (χ4n) is 5.85. The second-order valence-electron chi connectivity index (χ2n) is 9.92. The van der Waals surface area contributed by atoms with Crippen LogP contribution in [0.3, 0.4) is 0 Å². The minimum Gasteiger partial charge on any atom is -0.417 e. The van der Waals surface area contributed by atoms with Crippen molar-refractivity contribution in [2.24, 2.45) is 11.8 Å². The van der Waals surface area contributed by atoms with Gasteiger partial charge in [-0.25, -0.2) is 4.39 Å². The van der Waals surface area contributed by atoms with Gasteiger partial charge in [-0.1, -0.05) is 76.1 Å². The summed E-state index contributed by atoms with van der Waals surface area (Å²) in [5.74, 6) is 0.812. The lowest BCUT2D eigenvalue weighted by Gasteiger charge is -2.30. The van der Waals surface area contributed by atoms with E-state index in [1.54, 1.807) is 24.2 Å². The molecule has 1 aliphatic carbocycles. The molecule has 0 aromatic heterocycles. The molecule has 1 saturated carbocycles. The van der Waals surface area contributed by atoms with Gasteiger partial charge in [-0.2, -0.15) is 0 Å². The Morgan fingerprint density at radius 2 is 1.61 bits per heavy atom. The average Bonchev–Trinajstić information content (AvgIpc) is 2.74. The third-order valence-corrected chi connectivity index (χ3v) is 11.4. The maximum Gasteiger partial charge on any atom is 0.487 e. The Bertz CT molecular complexity index is 665. The summed E-state index contributed by atoms with van der Waals surface area (Å²) in [5, 5.41) is 0. The van der Waals surface area contributed by atoms with Crippen LogP contribution in [0.15, 0.2) is 18.2 Å². The Balaban J connectivity index is 1.32. The van der Waals surface area contributed by atoms with E-state index >= 15 is 0 Å². The minimum absolute atomic E-state index is 0.304. The Morgan fingerprint density at radius 1 is 1.00 bits per heavy atom. The van der Waals surface area contributed by atoms with Gasteiger partial charge in [0.2, 0.25) is 0 Å². The van der Waals surface area contributed by atoms with E-state index in [9.17, 15) is 13.2 Å². The van der Waals surface area contributed by atoms with Crippen molar-refractivity contribution in [3.63, 3.8) is 0 Å². The van der Waals surface area contributed by atoms with Crippen molar-refractivity contribution in [2.45, 2.75) is 107 Å². The number of ether oxygens (including phenoxy) is 1. The van der Waals surface area contributed by atoms with Crippen molar-refractivity contribution in [3.05, 3.63) is 29.6 Å². The van der Waals surface area contributed by atoms with Gasteiger partial charge in [0.05, 0.1) is 0 Å². The predicted octanol–water partition coefficient (Wildman–Crippen LogP) is 8.87. The van der Waals surface area contributed by atoms with Crippen LogP contribution in [0.25, 0.3) is 0 Å². The molecule has 0 unspecified atom stereocenters. The average molecular weight is 475 g/mol. The summed E-state index contributed by atoms with van der Waals surface area (Å²) in [6, 6.07) is 9.04. The number of unbranched alkanes of at least 4 members (excludes halogenated alkanes) is 1. The monoisotopic (exact) mass is 474 g/mol. The van der Waals surface area contributed by atoms with Crippen molar-refractivity contribution in [2.75, 3.05) is 0 Å². The molecule has 0 spiro atoms. The molecule has 2 fully saturated rings. The van der Waals surface area contributed by atoms with E-state index in [1.165, 1.54) is 69.9 Å². The normalized spacial score (nSPS) is 27.3. The van der Waals surface area contributed by atoms with E-state index in [0.29, 0.717) is 5.92 Å². The first kappa shape index (κ1) is 24.9. The lowest BCUT2D eigenvalue weighted by Crippen LogP contribution is -2.21. The number of halogens is 4. The Hall–Kier alpha value is -0.683. The molecule has 1 aromatic carbocycles. The van der Waals surface area contributed by atoms with Crippen molar-refractivity contribution < 1.29 is 17.9 Å². The zero-order valence-corrected chi connectivity index (χ0v) is 20.8. The van der Waals surface area contributed by atoms with Gasteiger partial charge in [0.15, 0.2) is 11.6 Å². The van der Waals surface area contributed by atoms with E-state index in [-0.39, 0.29) is 8.80 Å². The number of hydrogen-bond acceptors (Lipinski definition) is 1. The lowest BCUT2D eigenvalue weighted by molar-refractivity contribution is -0.0984. The summed E-state index contributed by atoms with van der Waals surface area (Å²) in [7, 11) is -0.347. The highest BCUT2D eigenvalue weighted by atomic mass is 35.5. The molecule has 1 aliphatic heterocycles. The van der Waals surface area contributed by atoms with Gasteiger partial charge < -0.3 is 4.74 Å². The van der Waals surface area contributed by atoms with Gasteiger partial charge in [0.25, 0.3) is 0 Å². The van der Waals surface area contributed by atoms with Crippen LogP contribution in [0.4, 0.5) is 13.2 Å². The molecule has 0 amide bonds. The van der Waals surface area contributed by atoms with E-state index in [1.807, 2.05) is 0 Å². The molecule has 3 rings (SSSR count). The van der Waals surface area contributed by atoms with Crippen molar-refractivity contribution in [3.8, 4) is 5.75 Å². The van der Waals surface area contributed by atoms with Crippen LogP contribution in [-0.4, -0.2) is 14.4 Å². The highest BCUT2D eigenvalue weighted by Gasteiger charge is 2.30. The van der Waals surface area contributed by atoms with Gasteiger partial charge in [-0.15, -0.1) is 8.78 Å². The van der Waals surface area contributed by atoms with Crippen molar-refractivity contribution >= 4 is 20.4 Å². The van der Waals surface area contributed by atoms with Crippen LogP contribution in [-0.2, 0) is 0 Å². The van der Waals surface area contributed by atoms with Gasteiger partial charge in [-0.05, 0) is 61.1 Å². The van der Waals surface area contributed by atoms with Crippen molar-refractivity contribution in [1.82, 2.24) is 0 Å². The second-order valence-corrected chi connectivity index (χ2v) is 13.8. The van der Waals surface area contributed by atoms with Gasteiger partial charge in [0.1, 0.15) is 0 Å². The van der Waals surface area contributed by atoms with Crippen LogP contribution in [0.1, 0.15) is 89.0 Å². The first-order valence-corrected chi connectivity index (χ1v) is 15.2. The van der Waals surface area contributed by atoms with Crippen LogP contribution in [0.2, 0.25) is 18.1 Å². The van der Waals surface area contributed by atoms with Crippen molar-refractivity contribution in [1.29, 1.82) is 0 Å². The number of alkyl halides is 3. The number of hydrogen-bond donors (Lipinski definition) is 0. The molecule has 0 bridgehead atoms. The predicted molar refractivity (Wildman–Crippen MR) is 126 cm³/mol. The molecule has 2 aliphatic rings. The molecule has 31 heavy (non-hydrogen) atoms. The van der Waals surface area contributed by atoms with Gasteiger partial charge in [0, 0.05) is 20.4 Å². The fourth-order valence-corrected chi connectivity index (χ4v) is 9.50. The van der Waals surface area contributed by atoms with Crippen LogP contribution in [0, 0.1) is 17.7 Å². The van der Waals surface area contributed by atoms with E-state index < -0.39 is 17.1 Å². The van der Waals surface area contributed by atoms with E-state index in [4.69, 9.17) is 11.6 Å². The fraction of sp³-hybridized carbons (Fsp3) is 0.760. The summed E-state index contributed by atoms with van der Waals surface area (Å²) in [4.78, 5) is 0. The third kappa shape index (κ3) is 8.31. The molecule has 1 saturated heterocycles. The van der Waals surface area contributed by atoms with Crippen LogP contribution >= 0.6 is 11.6 Å². The molecule has 6 heteroatoms. The largest absolute Gasteiger partial charge is 0.487 e. The summed E-state index contributed by atoms with van der Waals surface area (Å²) in [6.07, 6.45) is 14.3. The molecule has 176 valence electrons. The summed E-state index contributed by atoms with van der Waals surface area (Å²) >= 11 is 4.74. The topological polar surface area (TPSA) is 9.23 Å². The standard InChI is InChI=1S/C25H38ClF3OSi/c1-2-15-31-16-13-20(14-17-31)6-4-3-5-19-7-9-21(10-8-19)22-11-12-24(23(27)18-22)30-25(26,28)29/h11-12,18-21,31H,2-10,13-17H2,1H3. The molecule has 1 heterocycles. The first-order chi connectivity index (χ1) is 14.8. The number of rotatable bonds is 10. The quantitative estimate of drug-likeness (QED) is 0.187. The summed E-state index contributed by atoms with van der Waals surface area (Å²) in [5.41, 5.74) is -3.01. The molecule has 1 aromatic rings. The maximum absolute atomic E-state index is 14.1. The molecular formula is C25H38ClF3OSi. The highest BCUT2D eigenvalue weighted by molar-refractivity contribution is 6.58. The SMILES string of the molecule is CCC[SiH]1CCC(CCCCC2CCC(c3ccc(OC(F)(F)Cl)c(F)c3)CC2)CC1. The zero-order chi connectivity index (χ0) is 22.3. The van der Waals surface area contributed by atoms with E-state index in [0.717, 1.165) is 30.2 Å². The first-order valence-electron chi connectivity index (χ1n) is 12.4. The highest BCUT2D eigenvalue weighted by Crippen LogP contribution is 2.39. The molecule has 1 nitrogen and oxygen atoms in total. The van der Waals surface area contributed by atoms with Crippen LogP contribution < -0.4 is 4.74 Å². The summed E-state index contributed by atoms with van der Waals surface area (Å²) < 4.78 is 43.8. The van der Waals surface area contributed by atoms with Gasteiger partial charge in [-0.3, -0.25) is 0 Å².